The zero-order valence-corrected chi connectivity index (χ0v) is 11.1. The second-order valence-corrected chi connectivity index (χ2v) is 3.75. The second kappa shape index (κ2) is 12.5. The van der Waals surface area contributed by atoms with Crippen LogP contribution in [0.5, 0.6) is 0 Å². The zero-order chi connectivity index (χ0) is 13.6. The van der Waals surface area contributed by atoms with E-state index in [0.717, 1.165) is 0 Å². The molecule has 0 atom stereocenters. The minimum Gasteiger partial charge on any atom is -0.481 e. The molecule has 0 aromatic heterocycles. The average molecular weight is 279 g/mol. The summed E-state index contributed by atoms with van der Waals surface area (Å²) in [5, 5.41) is 14.8. The molecule has 0 heterocycles. The van der Waals surface area contributed by atoms with Gasteiger partial charge in [-0.2, -0.15) is 0 Å². The van der Waals surface area contributed by atoms with Crippen LogP contribution in [0.1, 0.15) is 6.42 Å². The number of carboxylic acid groups (broad SMARTS) is 1. The summed E-state index contributed by atoms with van der Waals surface area (Å²) in [6.07, 6.45) is 0.0165. The van der Waals surface area contributed by atoms with Crippen molar-refractivity contribution >= 4 is 23.3 Å². The molecule has 0 unspecified atom stereocenters. The molecule has 0 rings (SSSR count). The number of aliphatic carboxylic acids is 1. The van der Waals surface area contributed by atoms with Gasteiger partial charge in [-0.3, -0.25) is 4.79 Å². The molecule has 0 aromatic carbocycles. The number of rotatable bonds is 11. The van der Waals surface area contributed by atoms with Crippen molar-refractivity contribution < 1.29 is 19.4 Å². The van der Waals surface area contributed by atoms with Gasteiger partial charge in [0.1, 0.15) is 0 Å². The van der Waals surface area contributed by atoms with Gasteiger partial charge < -0.3 is 30.9 Å². The van der Waals surface area contributed by atoms with Crippen LogP contribution in [0.4, 0.5) is 0 Å². The lowest BCUT2D eigenvalue weighted by molar-refractivity contribution is -0.138. The Morgan fingerprint density at radius 2 is 1.72 bits per heavy atom. The van der Waals surface area contributed by atoms with Crippen LogP contribution in [0.3, 0.4) is 0 Å². The Balaban J connectivity index is 3.11. The molecule has 0 spiro atoms. The summed E-state index contributed by atoms with van der Waals surface area (Å²) in [6, 6.07) is 0. The molecule has 0 saturated carbocycles. The number of ether oxygens (including phenoxy) is 2. The van der Waals surface area contributed by atoms with E-state index >= 15 is 0 Å². The molecular weight excluding hydrogens is 258 g/mol. The molecule has 0 radical (unpaired) electrons. The normalized spacial score (nSPS) is 10.1. The zero-order valence-electron chi connectivity index (χ0n) is 10.3. The van der Waals surface area contributed by atoms with Gasteiger partial charge in [0.15, 0.2) is 5.11 Å². The van der Waals surface area contributed by atoms with Crippen LogP contribution >= 0.6 is 12.2 Å². The maximum Gasteiger partial charge on any atom is 0.305 e. The minimum atomic E-state index is -0.862. The van der Waals surface area contributed by atoms with Crippen molar-refractivity contribution in [3.05, 3.63) is 0 Å². The number of carbonyl (C=O) groups is 1. The predicted molar refractivity (Wildman–Crippen MR) is 71.5 cm³/mol. The Hall–Kier alpha value is -0.960. The van der Waals surface area contributed by atoms with E-state index in [9.17, 15) is 4.79 Å². The molecule has 7 nitrogen and oxygen atoms in total. The molecule has 0 bridgehead atoms. The van der Waals surface area contributed by atoms with Crippen LogP contribution < -0.4 is 16.4 Å². The standard InChI is InChI=1S/C10H21N3O4S/c11-2-3-12-10(18)13-4-6-17-8-7-16-5-1-9(14)15/h1-8,11H2,(H,14,15)(H2,12,13,18). The van der Waals surface area contributed by atoms with Gasteiger partial charge in [-0.15, -0.1) is 0 Å². The fourth-order valence-electron chi connectivity index (χ4n) is 0.966. The third kappa shape index (κ3) is 13.1. The Kier molecular flexibility index (Phi) is 11.8. The highest BCUT2D eigenvalue weighted by Crippen LogP contribution is 1.83. The molecule has 0 fully saturated rings. The Morgan fingerprint density at radius 1 is 1.11 bits per heavy atom. The summed E-state index contributed by atoms with van der Waals surface area (Å²) in [5.74, 6) is -0.862. The van der Waals surface area contributed by atoms with E-state index in [1.54, 1.807) is 0 Å². The first-order valence-corrected chi connectivity index (χ1v) is 6.16. The van der Waals surface area contributed by atoms with Gasteiger partial charge in [0, 0.05) is 19.6 Å². The molecule has 8 heteroatoms. The molecule has 18 heavy (non-hydrogen) atoms. The second-order valence-electron chi connectivity index (χ2n) is 3.34. The Bertz CT molecular complexity index is 241. The lowest BCUT2D eigenvalue weighted by atomic mass is 10.5. The maximum atomic E-state index is 10.2. The summed E-state index contributed by atoms with van der Waals surface area (Å²) in [5.41, 5.74) is 5.30. The topological polar surface area (TPSA) is 106 Å². The SMILES string of the molecule is NCCNC(=S)NCCOCCOCCC(=O)O. The summed E-state index contributed by atoms with van der Waals surface area (Å²) < 4.78 is 10.3. The van der Waals surface area contributed by atoms with Crippen LogP contribution in [-0.2, 0) is 14.3 Å². The first-order valence-electron chi connectivity index (χ1n) is 5.76. The third-order valence-corrected chi connectivity index (χ3v) is 2.08. The Labute approximate surface area is 112 Å². The maximum absolute atomic E-state index is 10.2. The van der Waals surface area contributed by atoms with Gasteiger partial charge >= 0.3 is 5.97 Å². The average Bonchev–Trinajstić information content (AvgIpc) is 2.34. The molecular formula is C10H21N3O4S. The largest absolute Gasteiger partial charge is 0.481 e. The summed E-state index contributed by atoms with van der Waals surface area (Å²) in [4.78, 5) is 10.2. The molecule has 0 aliphatic carbocycles. The molecule has 0 aliphatic heterocycles. The Morgan fingerprint density at radius 3 is 2.33 bits per heavy atom. The van der Waals surface area contributed by atoms with E-state index in [-0.39, 0.29) is 13.0 Å². The highest BCUT2D eigenvalue weighted by molar-refractivity contribution is 7.80. The molecule has 0 aliphatic rings. The molecule has 0 amide bonds. The first-order chi connectivity index (χ1) is 8.66. The smallest absolute Gasteiger partial charge is 0.305 e. The monoisotopic (exact) mass is 279 g/mol. The van der Waals surface area contributed by atoms with Crippen LogP contribution in [-0.4, -0.2) is 62.3 Å². The molecule has 5 N–H and O–H groups in total. The van der Waals surface area contributed by atoms with Gasteiger partial charge in [0.05, 0.1) is 32.8 Å². The predicted octanol–water partition coefficient (Wildman–Crippen LogP) is -1.08. The minimum absolute atomic E-state index is 0.0165. The highest BCUT2D eigenvalue weighted by Gasteiger charge is 1.96. The van der Waals surface area contributed by atoms with Gasteiger partial charge in [0.2, 0.25) is 0 Å². The number of hydrogen-bond acceptors (Lipinski definition) is 5. The van der Waals surface area contributed by atoms with E-state index in [1.165, 1.54) is 0 Å². The molecule has 0 saturated heterocycles. The van der Waals surface area contributed by atoms with Crippen LogP contribution in [0, 0.1) is 0 Å². The molecule has 0 aromatic rings. The van der Waals surface area contributed by atoms with Crippen molar-refractivity contribution in [1.82, 2.24) is 10.6 Å². The van der Waals surface area contributed by atoms with Gasteiger partial charge in [0.25, 0.3) is 0 Å². The van der Waals surface area contributed by atoms with Crippen molar-refractivity contribution in [2.45, 2.75) is 6.42 Å². The van der Waals surface area contributed by atoms with Crippen molar-refractivity contribution in [2.75, 3.05) is 46.1 Å². The number of nitrogens with one attached hydrogen (secondary N) is 2. The highest BCUT2D eigenvalue weighted by atomic mass is 32.1. The number of carboxylic acids is 1. The van der Waals surface area contributed by atoms with E-state index in [0.29, 0.717) is 44.6 Å². The fourth-order valence-corrected chi connectivity index (χ4v) is 1.17. The quantitative estimate of drug-likeness (QED) is 0.279. The van der Waals surface area contributed by atoms with Crippen LogP contribution in [0.25, 0.3) is 0 Å². The number of nitrogens with two attached hydrogens (primary N) is 1. The van der Waals surface area contributed by atoms with Gasteiger partial charge in [-0.1, -0.05) is 0 Å². The lowest BCUT2D eigenvalue weighted by Crippen LogP contribution is -2.39. The summed E-state index contributed by atoms with van der Waals surface area (Å²) >= 11 is 4.97. The van der Waals surface area contributed by atoms with Crippen molar-refractivity contribution in [2.24, 2.45) is 5.73 Å². The van der Waals surface area contributed by atoms with E-state index < -0.39 is 5.97 Å². The number of hydrogen-bond donors (Lipinski definition) is 4. The van der Waals surface area contributed by atoms with E-state index in [1.807, 2.05) is 0 Å². The van der Waals surface area contributed by atoms with E-state index in [2.05, 4.69) is 10.6 Å². The van der Waals surface area contributed by atoms with Gasteiger partial charge in [-0.05, 0) is 12.2 Å². The molecule has 106 valence electrons. The summed E-state index contributed by atoms with van der Waals surface area (Å²) in [6.45, 7) is 3.33. The van der Waals surface area contributed by atoms with Crippen molar-refractivity contribution in [3.8, 4) is 0 Å². The third-order valence-electron chi connectivity index (χ3n) is 1.79. The first kappa shape index (κ1) is 17.0. The van der Waals surface area contributed by atoms with Crippen LogP contribution in [0.2, 0.25) is 0 Å². The summed E-state index contributed by atoms with van der Waals surface area (Å²) in [7, 11) is 0. The number of thiocarbonyl (C=S) groups is 1. The van der Waals surface area contributed by atoms with Crippen molar-refractivity contribution in [1.29, 1.82) is 0 Å². The lowest BCUT2D eigenvalue weighted by Gasteiger charge is -2.09. The fraction of sp³-hybridized carbons (Fsp3) is 0.800. The van der Waals surface area contributed by atoms with Crippen molar-refractivity contribution in [3.63, 3.8) is 0 Å². The van der Waals surface area contributed by atoms with Gasteiger partial charge in [-0.25, -0.2) is 0 Å². The van der Waals surface area contributed by atoms with Crippen LogP contribution in [0.15, 0.2) is 0 Å². The van der Waals surface area contributed by atoms with E-state index in [4.69, 9.17) is 32.5 Å².